The molecule has 1 aliphatic rings. The number of carbonyl (C=O) groups is 1. The predicted molar refractivity (Wildman–Crippen MR) is 103 cm³/mol. The fourth-order valence-corrected chi connectivity index (χ4v) is 3.35. The standard InChI is InChI=1S/C20H18ClN3O/c21-15-6-7-19-17(12-15)18(13-22-19)14-8-10-24(11-9-14)20(25)23-16-4-2-1-3-5-16/h1-8,12-13,22H,9-11H2,(H,23,25). The van der Waals surface area contributed by atoms with Gasteiger partial charge in [0.2, 0.25) is 0 Å². The van der Waals surface area contributed by atoms with Crippen molar-refractivity contribution in [2.75, 3.05) is 18.4 Å². The molecule has 2 aromatic carbocycles. The van der Waals surface area contributed by atoms with Crippen LogP contribution < -0.4 is 5.32 Å². The number of H-pyrrole nitrogens is 1. The number of aromatic amines is 1. The first-order chi connectivity index (χ1) is 12.2. The Morgan fingerprint density at radius 1 is 1.16 bits per heavy atom. The van der Waals surface area contributed by atoms with Gasteiger partial charge in [0.25, 0.3) is 0 Å². The van der Waals surface area contributed by atoms with Gasteiger partial charge in [-0.3, -0.25) is 0 Å². The molecule has 1 aromatic heterocycles. The normalized spacial score (nSPS) is 14.4. The average Bonchev–Trinajstić information content (AvgIpc) is 3.05. The molecule has 4 rings (SSSR count). The summed E-state index contributed by atoms with van der Waals surface area (Å²) in [6.45, 7) is 1.29. The van der Waals surface area contributed by atoms with E-state index in [0.29, 0.717) is 13.1 Å². The van der Waals surface area contributed by atoms with Gasteiger partial charge in [-0.25, -0.2) is 4.79 Å². The number of rotatable bonds is 2. The summed E-state index contributed by atoms with van der Waals surface area (Å²) in [4.78, 5) is 17.5. The van der Waals surface area contributed by atoms with E-state index >= 15 is 0 Å². The molecular weight excluding hydrogens is 334 g/mol. The molecule has 0 aliphatic carbocycles. The summed E-state index contributed by atoms with van der Waals surface area (Å²) in [5, 5.41) is 4.79. The number of anilines is 1. The Morgan fingerprint density at radius 3 is 2.76 bits per heavy atom. The second-order valence-electron chi connectivity index (χ2n) is 6.11. The number of fused-ring (bicyclic) bond motifs is 1. The summed E-state index contributed by atoms with van der Waals surface area (Å²) in [5.74, 6) is 0. The molecule has 0 atom stereocenters. The second kappa shape index (κ2) is 6.65. The van der Waals surface area contributed by atoms with Crippen LogP contribution in [0.5, 0.6) is 0 Å². The zero-order valence-corrected chi connectivity index (χ0v) is 14.4. The van der Waals surface area contributed by atoms with Crippen LogP contribution in [-0.4, -0.2) is 29.0 Å². The molecule has 0 unspecified atom stereocenters. The Labute approximate surface area is 151 Å². The van der Waals surface area contributed by atoms with Crippen molar-refractivity contribution in [3.05, 3.63) is 71.4 Å². The average molecular weight is 352 g/mol. The van der Waals surface area contributed by atoms with Crippen LogP contribution in [0.15, 0.2) is 60.8 Å². The first kappa shape index (κ1) is 15.8. The fourth-order valence-electron chi connectivity index (χ4n) is 3.18. The second-order valence-corrected chi connectivity index (χ2v) is 6.55. The van der Waals surface area contributed by atoms with Crippen molar-refractivity contribution in [1.29, 1.82) is 0 Å². The SMILES string of the molecule is O=C(Nc1ccccc1)N1CC=C(c2c[nH]c3ccc(Cl)cc23)CC1. The molecule has 0 spiro atoms. The van der Waals surface area contributed by atoms with Crippen molar-refractivity contribution in [2.45, 2.75) is 6.42 Å². The van der Waals surface area contributed by atoms with Gasteiger partial charge in [-0.2, -0.15) is 0 Å². The van der Waals surface area contributed by atoms with Gasteiger partial charge in [0.05, 0.1) is 0 Å². The molecule has 0 fully saturated rings. The number of aromatic nitrogens is 1. The monoisotopic (exact) mass is 351 g/mol. The Bertz CT molecular complexity index is 946. The number of hydrogen-bond acceptors (Lipinski definition) is 1. The highest BCUT2D eigenvalue weighted by atomic mass is 35.5. The Balaban J connectivity index is 1.50. The van der Waals surface area contributed by atoms with E-state index in [1.807, 2.05) is 59.6 Å². The molecule has 1 aliphatic heterocycles. The third-order valence-corrected chi connectivity index (χ3v) is 4.75. The summed E-state index contributed by atoms with van der Waals surface area (Å²) in [7, 11) is 0. The van der Waals surface area contributed by atoms with E-state index in [0.717, 1.165) is 28.0 Å². The number of halogens is 1. The van der Waals surface area contributed by atoms with Crippen LogP contribution in [0.1, 0.15) is 12.0 Å². The first-order valence-corrected chi connectivity index (χ1v) is 8.65. The molecule has 126 valence electrons. The van der Waals surface area contributed by atoms with Crippen molar-refractivity contribution in [3.8, 4) is 0 Å². The smallest absolute Gasteiger partial charge is 0.322 e. The molecule has 2 heterocycles. The summed E-state index contributed by atoms with van der Waals surface area (Å²) in [6, 6.07) is 15.3. The van der Waals surface area contributed by atoms with Gasteiger partial charge < -0.3 is 15.2 Å². The molecule has 5 heteroatoms. The van der Waals surface area contributed by atoms with E-state index in [9.17, 15) is 4.79 Å². The lowest BCUT2D eigenvalue weighted by molar-refractivity contribution is 0.217. The number of urea groups is 1. The van der Waals surface area contributed by atoms with Crippen LogP contribution in [0.2, 0.25) is 5.02 Å². The fraction of sp³-hybridized carbons (Fsp3) is 0.150. The highest BCUT2D eigenvalue weighted by molar-refractivity contribution is 6.31. The van der Waals surface area contributed by atoms with Crippen molar-refractivity contribution in [2.24, 2.45) is 0 Å². The molecule has 0 saturated carbocycles. The zero-order chi connectivity index (χ0) is 17.2. The van der Waals surface area contributed by atoms with E-state index in [1.54, 1.807) is 0 Å². The molecule has 2 N–H and O–H groups in total. The van der Waals surface area contributed by atoms with Crippen LogP contribution in [0.25, 0.3) is 16.5 Å². The highest BCUT2D eigenvalue weighted by Gasteiger charge is 2.19. The maximum absolute atomic E-state index is 12.4. The van der Waals surface area contributed by atoms with E-state index in [1.165, 1.54) is 11.1 Å². The molecule has 2 amide bonds. The minimum absolute atomic E-state index is 0.0662. The first-order valence-electron chi connectivity index (χ1n) is 8.28. The zero-order valence-electron chi connectivity index (χ0n) is 13.6. The molecule has 4 nitrogen and oxygen atoms in total. The van der Waals surface area contributed by atoms with Gasteiger partial charge in [0.1, 0.15) is 0 Å². The van der Waals surface area contributed by atoms with Gasteiger partial charge in [0, 0.05) is 46.5 Å². The number of nitrogens with zero attached hydrogens (tertiary/aromatic N) is 1. The number of carbonyl (C=O) groups excluding carboxylic acids is 1. The lowest BCUT2D eigenvalue weighted by atomic mass is 9.99. The highest BCUT2D eigenvalue weighted by Crippen LogP contribution is 2.31. The molecule has 0 radical (unpaired) electrons. The third-order valence-electron chi connectivity index (χ3n) is 4.51. The lowest BCUT2D eigenvalue weighted by Gasteiger charge is -2.26. The van der Waals surface area contributed by atoms with E-state index in [2.05, 4.69) is 16.4 Å². The molecule has 0 bridgehead atoms. The van der Waals surface area contributed by atoms with Gasteiger partial charge in [0.15, 0.2) is 0 Å². The van der Waals surface area contributed by atoms with Crippen LogP contribution in [0.3, 0.4) is 0 Å². The number of benzene rings is 2. The van der Waals surface area contributed by atoms with Crippen LogP contribution in [-0.2, 0) is 0 Å². The minimum atomic E-state index is -0.0662. The number of nitrogens with one attached hydrogen (secondary N) is 2. The van der Waals surface area contributed by atoms with Crippen LogP contribution in [0, 0.1) is 0 Å². The number of para-hydroxylation sites is 1. The topological polar surface area (TPSA) is 48.1 Å². The maximum atomic E-state index is 12.4. The lowest BCUT2D eigenvalue weighted by Crippen LogP contribution is -2.37. The Morgan fingerprint density at radius 2 is 2.00 bits per heavy atom. The molecule has 3 aromatic rings. The van der Waals surface area contributed by atoms with Gasteiger partial charge in [-0.15, -0.1) is 0 Å². The van der Waals surface area contributed by atoms with Crippen molar-refractivity contribution >= 4 is 39.8 Å². The van der Waals surface area contributed by atoms with Crippen molar-refractivity contribution in [1.82, 2.24) is 9.88 Å². The number of hydrogen-bond donors (Lipinski definition) is 2. The Kier molecular flexibility index (Phi) is 4.20. The van der Waals surface area contributed by atoms with Gasteiger partial charge in [-0.1, -0.05) is 35.9 Å². The quantitative estimate of drug-likeness (QED) is 0.659. The summed E-state index contributed by atoms with van der Waals surface area (Å²) in [5.41, 5.74) is 4.30. The Hall–Kier alpha value is -2.72. The third kappa shape index (κ3) is 3.26. The number of amides is 2. The van der Waals surface area contributed by atoms with Crippen molar-refractivity contribution < 1.29 is 4.79 Å². The van der Waals surface area contributed by atoms with Gasteiger partial charge in [-0.05, 0) is 42.3 Å². The van der Waals surface area contributed by atoms with E-state index in [-0.39, 0.29) is 6.03 Å². The van der Waals surface area contributed by atoms with E-state index in [4.69, 9.17) is 11.6 Å². The minimum Gasteiger partial charge on any atom is -0.361 e. The molecule has 0 saturated heterocycles. The van der Waals surface area contributed by atoms with E-state index < -0.39 is 0 Å². The largest absolute Gasteiger partial charge is 0.361 e. The summed E-state index contributed by atoms with van der Waals surface area (Å²) >= 11 is 6.13. The molecular formula is C20H18ClN3O. The summed E-state index contributed by atoms with van der Waals surface area (Å²) < 4.78 is 0. The van der Waals surface area contributed by atoms with Crippen LogP contribution >= 0.6 is 11.6 Å². The predicted octanol–water partition coefficient (Wildman–Crippen LogP) is 5.14. The van der Waals surface area contributed by atoms with Crippen molar-refractivity contribution in [3.63, 3.8) is 0 Å². The maximum Gasteiger partial charge on any atom is 0.322 e. The van der Waals surface area contributed by atoms with Crippen LogP contribution in [0.4, 0.5) is 10.5 Å². The summed E-state index contributed by atoms with van der Waals surface area (Å²) in [6.07, 6.45) is 4.96. The molecule has 25 heavy (non-hydrogen) atoms. The van der Waals surface area contributed by atoms with Gasteiger partial charge >= 0.3 is 6.03 Å².